The molecule has 0 fully saturated rings. The third-order valence-corrected chi connectivity index (χ3v) is 3.58. The summed E-state index contributed by atoms with van der Waals surface area (Å²) in [7, 11) is 0. The molecular weight excluding hydrogens is 238 g/mol. The van der Waals surface area contributed by atoms with Gasteiger partial charge < -0.3 is 9.73 Å². The minimum atomic E-state index is 0.394. The van der Waals surface area contributed by atoms with E-state index in [0.29, 0.717) is 5.92 Å². The Morgan fingerprint density at radius 3 is 2.84 bits per heavy atom. The van der Waals surface area contributed by atoms with Crippen LogP contribution < -0.4 is 5.32 Å². The number of furan rings is 1. The van der Waals surface area contributed by atoms with Crippen molar-refractivity contribution in [2.75, 3.05) is 6.54 Å². The molecule has 0 atom stereocenters. The van der Waals surface area contributed by atoms with Crippen molar-refractivity contribution < 1.29 is 4.42 Å². The lowest BCUT2D eigenvalue weighted by Gasteiger charge is -2.21. The van der Waals surface area contributed by atoms with Gasteiger partial charge in [0.1, 0.15) is 0 Å². The number of nitrogens with zero attached hydrogens (tertiary/aromatic N) is 2. The van der Waals surface area contributed by atoms with Crippen LogP contribution in [0.4, 0.5) is 0 Å². The van der Waals surface area contributed by atoms with E-state index in [1.54, 1.807) is 6.26 Å². The Labute approximate surface area is 113 Å². The van der Waals surface area contributed by atoms with E-state index < -0.39 is 0 Å². The topological polar surface area (TPSA) is 51.0 Å². The molecule has 2 aromatic rings. The molecule has 0 bridgehead atoms. The van der Waals surface area contributed by atoms with Crippen molar-refractivity contribution in [1.29, 1.82) is 0 Å². The van der Waals surface area contributed by atoms with Crippen molar-refractivity contribution in [3.05, 3.63) is 34.8 Å². The van der Waals surface area contributed by atoms with Gasteiger partial charge in [-0.3, -0.25) is 0 Å². The third-order valence-electron chi connectivity index (χ3n) is 3.58. The monoisotopic (exact) mass is 257 g/mol. The Bertz CT molecular complexity index is 601. The van der Waals surface area contributed by atoms with Crippen LogP contribution in [0.25, 0.3) is 11.6 Å². The highest BCUT2D eigenvalue weighted by Gasteiger charge is 2.21. The number of aryl methyl sites for hydroxylation is 1. The summed E-state index contributed by atoms with van der Waals surface area (Å²) in [5, 5.41) is 3.40. The van der Waals surface area contributed by atoms with E-state index in [0.717, 1.165) is 42.4 Å². The van der Waals surface area contributed by atoms with Crippen LogP contribution in [0.2, 0.25) is 0 Å². The Kier molecular flexibility index (Phi) is 3.11. The largest absolute Gasteiger partial charge is 0.461 e. The lowest BCUT2D eigenvalue weighted by atomic mass is 9.98. The smallest absolute Gasteiger partial charge is 0.196 e. The van der Waals surface area contributed by atoms with Gasteiger partial charge in [-0.2, -0.15) is 0 Å². The lowest BCUT2D eigenvalue weighted by Crippen LogP contribution is -2.27. The molecule has 0 radical (unpaired) electrons. The van der Waals surface area contributed by atoms with Gasteiger partial charge in [0.25, 0.3) is 0 Å². The molecule has 100 valence electrons. The second-order valence-electron chi connectivity index (χ2n) is 5.37. The van der Waals surface area contributed by atoms with Gasteiger partial charge in [0.15, 0.2) is 11.6 Å². The zero-order valence-electron chi connectivity index (χ0n) is 11.7. The minimum absolute atomic E-state index is 0.394. The fourth-order valence-electron chi connectivity index (χ4n) is 2.55. The van der Waals surface area contributed by atoms with E-state index in [9.17, 15) is 0 Å². The normalized spacial score (nSPS) is 14.7. The van der Waals surface area contributed by atoms with Crippen molar-refractivity contribution in [3.63, 3.8) is 0 Å². The summed E-state index contributed by atoms with van der Waals surface area (Å²) in [4.78, 5) is 9.46. The number of hydrogen-bond donors (Lipinski definition) is 1. The predicted molar refractivity (Wildman–Crippen MR) is 74.0 cm³/mol. The summed E-state index contributed by atoms with van der Waals surface area (Å²) in [6.45, 7) is 8.24. The standard InChI is InChI=1S/C15H19N3O/c1-9(2)13-11-8-16-6-4-12(11)17-15(18-13)14-10(3)5-7-19-14/h5,7,9,16H,4,6,8H2,1-3H3. The first kappa shape index (κ1) is 12.4. The maximum atomic E-state index is 5.54. The van der Waals surface area contributed by atoms with Crippen molar-refractivity contribution in [1.82, 2.24) is 15.3 Å². The zero-order valence-corrected chi connectivity index (χ0v) is 11.7. The molecule has 0 aromatic carbocycles. The predicted octanol–water partition coefficient (Wildman–Crippen LogP) is 2.81. The molecule has 4 heteroatoms. The molecule has 1 aliphatic rings. The number of hydrogen-bond acceptors (Lipinski definition) is 4. The van der Waals surface area contributed by atoms with Crippen LogP contribution in [0.15, 0.2) is 16.7 Å². The van der Waals surface area contributed by atoms with E-state index >= 15 is 0 Å². The SMILES string of the molecule is Cc1ccoc1-c1nc2c(c(C(C)C)n1)CNCC2. The Morgan fingerprint density at radius 1 is 1.32 bits per heavy atom. The quantitative estimate of drug-likeness (QED) is 0.898. The Morgan fingerprint density at radius 2 is 2.16 bits per heavy atom. The van der Waals surface area contributed by atoms with E-state index in [2.05, 4.69) is 19.2 Å². The fourth-order valence-corrected chi connectivity index (χ4v) is 2.55. The molecule has 1 aliphatic heterocycles. The molecule has 1 N–H and O–H groups in total. The van der Waals surface area contributed by atoms with Gasteiger partial charge in [0.05, 0.1) is 17.7 Å². The number of aromatic nitrogens is 2. The lowest BCUT2D eigenvalue weighted by molar-refractivity contribution is 0.568. The third kappa shape index (κ3) is 2.16. The molecule has 0 saturated heterocycles. The summed E-state index contributed by atoms with van der Waals surface area (Å²) >= 11 is 0. The Hall–Kier alpha value is -1.68. The summed E-state index contributed by atoms with van der Waals surface area (Å²) < 4.78 is 5.54. The zero-order chi connectivity index (χ0) is 13.4. The van der Waals surface area contributed by atoms with E-state index in [1.807, 2.05) is 13.0 Å². The van der Waals surface area contributed by atoms with Gasteiger partial charge in [-0.25, -0.2) is 9.97 Å². The van der Waals surface area contributed by atoms with Gasteiger partial charge in [-0.15, -0.1) is 0 Å². The number of nitrogens with one attached hydrogen (secondary N) is 1. The van der Waals surface area contributed by atoms with Gasteiger partial charge in [-0.05, 0) is 24.5 Å². The summed E-state index contributed by atoms with van der Waals surface area (Å²) in [6.07, 6.45) is 2.66. The highest BCUT2D eigenvalue weighted by atomic mass is 16.3. The second-order valence-corrected chi connectivity index (χ2v) is 5.37. The van der Waals surface area contributed by atoms with Crippen LogP contribution in [0.3, 0.4) is 0 Å². The van der Waals surface area contributed by atoms with Crippen molar-refractivity contribution >= 4 is 0 Å². The second kappa shape index (κ2) is 4.78. The van der Waals surface area contributed by atoms with E-state index in [4.69, 9.17) is 14.4 Å². The minimum Gasteiger partial charge on any atom is -0.461 e. The van der Waals surface area contributed by atoms with Crippen LogP contribution in [0, 0.1) is 6.92 Å². The molecule has 0 spiro atoms. The first-order chi connectivity index (χ1) is 9.16. The fraction of sp³-hybridized carbons (Fsp3) is 0.467. The molecule has 0 amide bonds. The highest BCUT2D eigenvalue weighted by Crippen LogP contribution is 2.27. The highest BCUT2D eigenvalue weighted by molar-refractivity contribution is 5.53. The van der Waals surface area contributed by atoms with E-state index in [1.165, 1.54) is 11.3 Å². The van der Waals surface area contributed by atoms with Crippen LogP contribution in [-0.2, 0) is 13.0 Å². The van der Waals surface area contributed by atoms with Crippen LogP contribution in [-0.4, -0.2) is 16.5 Å². The van der Waals surface area contributed by atoms with E-state index in [-0.39, 0.29) is 0 Å². The molecular formula is C15H19N3O. The van der Waals surface area contributed by atoms with Crippen LogP contribution in [0.5, 0.6) is 0 Å². The van der Waals surface area contributed by atoms with Crippen LogP contribution in [0.1, 0.15) is 42.3 Å². The molecule has 4 nitrogen and oxygen atoms in total. The average Bonchev–Trinajstić information content (AvgIpc) is 2.83. The van der Waals surface area contributed by atoms with Gasteiger partial charge in [-0.1, -0.05) is 13.8 Å². The number of rotatable bonds is 2. The first-order valence-corrected chi connectivity index (χ1v) is 6.81. The average molecular weight is 257 g/mol. The first-order valence-electron chi connectivity index (χ1n) is 6.81. The molecule has 3 rings (SSSR count). The van der Waals surface area contributed by atoms with Crippen molar-refractivity contribution in [3.8, 4) is 11.6 Å². The van der Waals surface area contributed by atoms with Crippen molar-refractivity contribution in [2.45, 2.75) is 39.7 Å². The molecule has 19 heavy (non-hydrogen) atoms. The molecule has 0 saturated carbocycles. The summed E-state index contributed by atoms with van der Waals surface area (Å²) in [6, 6.07) is 1.95. The molecule has 0 aliphatic carbocycles. The van der Waals surface area contributed by atoms with Gasteiger partial charge >= 0.3 is 0 Å². The number of fused-ring (bicyclic) bond motifs is 1. The van der Waals surface area contributed by atoms with Crippen LogP contribution >= 0.6 is 0 Å². The van der Waals surface area contributed by atoms with Gasteiger partial charge in [0.2, 0.25) is 0 Å². The molecule has 3 heterocycles. The molecule has 0 unspecified atom stereocenters. The van der Waals surface area contributed by atoms with Gasteiger partial charge in [0, 0.05) is 25.1 Å². The maximum absolute atomic E-state index is 5.54. The summed E-state index contributed by atoms with van der Waals surface area (Å²) in [5.41, 5.74) is 4.67. The maximum Gasteiger partial charge on any atom is 0.196 e. The Balaban J connectivity index is 2.17. The molecule has 2 aromatic heterocycles. The van der Waals surface area contributed by atoms with Crippen molar-refractivity contribution in [2.24, 2.45) is 0 Å². The summed E-state index contributed by atoms with van der Waals surface area (Å²) in [5.74, 6) is 1.92.